The van der Waals surface area contributed by atoms with Crippen LogP contribution in [0.3, 0.4) is 0 Å². The van der Waals surface area contributed by atoms with Gasteiger partial charge in [-0.25, -0.2) is 0 Å². The summed E-state index contributed by atoms with van der Waals surface area (Å²) < 4.78 is 5.51. The minimum Gasteiger partial charge on any atom is -0.381 e. The number of methoxy groups -OCH3 is 1. The molecule has 0 aromatic rings. The largest absolute Gasteiger partial charge is 0.381 e. The standard InChI is InChI=1S/C19H38N2O/c1-18(2,3)20-11-7-16(8-12-20)15-19(4,5)21-13-9-17(22-6)10-14-21/h16-17H,7-15H2,1-6H3. The molecule has 0 N–H and O–H groups in total. The van der Waals surface area contributed by atoms with E-state index in [9.17, 15) is 0 Å². The smallest absolute Gasteiger partial charge is 0.0595 e. The van der Waals surface area contributed by atoms with Crippen LogP contribution in [0.25, 0.3) is 0 Å². The summed E-state index contributed by atoms with van der Waals surface area (Å²) in [4.78, 5) is 5.36. The number of piperidine rings is 2. The highest BCUT2D eigenvalue weighted by Crippen LogP contribution is 2.33. The van der Waals surface area contributed by atoms with Crippen molar-refractivity contribution >= 4 is 0 Å². The van der Waals surface area contributed by atoms with Crippen LogP contribution < -0.4 is 0 Å². The molecule has 3 nitrogen and oxygen atoms in total. The molecule has 0 aliphatic carbocycles. The molecule has 2 rings (SSSR count). The molecule has 0 bridgehead atoms. The number of likely N-dealkylation sites (tertiary alicyclic amines) is 2. The molecular formula is C19H38N2O. The lowest BCUT2D eigenvalue weighted by molar-refractivity contribution is -0.00694. The van der Waals surface area contributed by atoms with Crippen molar-refractivity contribution in [2.75, 3.05) is 33.3 Å². The van der Waals surface area contributed by atoms with E-state index in [-0.39, 0.29) is 0 Å². The number of hydrogen-bond donors (Lipinski definition) is 0. The third kappa shape index (κ3) is 4.69. The summed E-state index contributed by atoms with van der Waals surface area (Å²) in [5, 5.41) is 0. The zero-order valence-electron chi connectivity index (χ0n) is 15.8. The second kappa shape index (κ2) is 7.19. The van der Waals surface area contributed by atoms with E-state index in [1.54, 1.807) is 0 Å². The summed E-state index contributed by atoms with van der Waals surface area (Å²) in [5.74, 6) is 0.897. The van der Waals surface area contributed by atoms with Crippen LogP contribution >= 0.6 is 0 Å². The number of hydrogen-bond acceptors (Lipinski definition) is 3. The Kier molecular flexibility index (Phi) is 5.95. The van der Waals surface area contributed by atoms with Gasteiger partial charge in [0.1, 0.15) is 0 Å². The van der Waals surface area contributed by atoms with Crippen molar-refractivity contribution in [2.45, 2.75) is 83.9 Å². The highest BCUT2D eigenvalue weighted by Gasteiger charge is 2.35. The zero-order valence-corrected chi connectivity index (χ0v) is 15.8. The maximum absolute atomic E-state index is 5.51. The van der Waals surface area contributed by atoms with Gasteiger partial charge in [0.25, 0.3) is 0 Å². The van der Waals surface area contributed by atoms with E-state index in [4.69, 9.17) is 4.74 Å². The summed E-state index contributed by atoms with van der Waals surface area (Å²) in [7, 11) is 1.86. The van der Waals surface area contributed by atoms with Crippen molar-refractivity contribution < 1.29 is 4.74 Å². The maximum atomic E-state index is 5.51. The number of rotatable bonds is 4. The topological polar surface area (TPSA) is 15.7 Å². The fourth-order valence-corrected chi connectivity index (χ4v) is 4.34. The molecule has 0 atom stereocenters. The Hall–Kier alpha value is -0.120. The molecule has 3 heteroatoms. The van der Waals surface area contributed by atoms with Gasteiger partial charge in [0, 0.05) is 31.3 Å². The van der Waals surface area contributed by atoms with Crippen LogP contribution in [0.4, 0.5) is 0 Å². The summed E-state index contributed by atoms with van der Waals surface area (Å²) >= 11 is 0. The van der Waals surface area contributed by atoms with Crippen molar-refractivity contribution in [2.24, 2.45) is 5.92 Å². The minimum absolute atomic E-state index is 0.336. The summed E-state index contributed by atoms with van der Waals surface area (Å²) in [6, 6.07) is 0. The highest BCUT2D eigenvalue weighted by atomic mass is 16.5. The molecule has 0 aromatic heterocycles. The normalized spacial score (nSPS) is 24.8. The Morgan fingerprint density at radius 3 is 1.77 bits per heavy atom. The molecule has 130 valence electrons. The van der Waals surface area contributed by atoms with E-state index in [1.165, 1.54) is 58.3 Å². The van der Waals surface area contributed by atoms with Crippen molar-refractivity contribution in [1.82, 2.24) is 9.80 Å². The van der Waals surface area contributed by atoms with Crippen LogP contribution in [0.1, 0.15) is 66.7 Å². The van der Waals surface area contributed by atoms with Crippen LogP contribution in [0.5, 0.6) is 0 Å². The average molecular weight is 311 g/mol. The van der Waals surface area contributed by atoms with Crippen LogP contribution in [0.2, 0.25) is 0 Å². The second-order valence-corrected chi connectivity index (χ2v) is 9.04. The van der Waals surface area contributed by atoms with E-state index in [0.717, 1.165) is 5.92 Å². The zero-order chi connectivity index (χ0) is 16.4. The third-order valence-corrected chi connectivity index (χ3v) is 5.98. The molecule has 22 heavy (non-hydrogen) atoms. The van der Waals surface area contributed by atoms with Crippen LogP contribution in [-0.4, -0.2) is 60.3 Å². The fraction of sp³-hybridized carbons (Fsp3) is 1.00. The molecule has 2 aliphatic heterocycles. The maximum Gasteiger partial charge on any atom is 0.0595 e. The van der Waals surface area contributed by atoms with E-state index in [1.807, 2.05) is 7.11 Å². The summed E-state index contributed by atoms with van der Waals surface area (Å²) in [6.45, 7) is 16.9. The Morgan fingerprint density at radius 1 is 0.818 bits per heavy atom. The average Bonchev–Trinajstić information content (AvgIpc) is 2.46. The molecule has 0 unspecified atom stereocenters. The quantitative estimate of drug-likeness (QED) is 0.786. The first kappa shape index (κ1) is 18.2. The van der Waals surface area contributed by atoms with Gasteiger partial charge in [-0.3, -0.25) is 9.80 Å². The number of ether oxygens (including phenoxy) is 1. The Bertz CT molecular complexity index is 332. The monoisotopic (exact) mass is 310 g/mol. The Balaban J connectivity index is 1.80. The second-order valence-electron chi connectivity index (χ2n) is 9.04. The molecule has 0 amide bonds. The van der Waals surface area contributed by atoms with Crippen LogP contribution in [-0.2, 0) is 4.74 Å². The predicted octanol–water partition coefficient (Wildman–Crippen LogP) is 3.78. The molecule has 0 spiro atoms. The predicted molar refractivity (Wildman–Crippen MR) is 94.4 cm³/mol. The Morgan fingerprint density at radius 2 is 1.32 bits per heavy atom. The lowest BCUT2D eigenvalue weighted by Gasteiger charge is -2.46. The Labute approximate surface area is 138 Å². The highest BCUT2D eigenvalue weighted by molar-refractivity contribution is 4.90. The van der Waals surface area contributed by atoms with Gasteiger partial charge in [-0.15, -0.1) is 0 Å². The van der Waals surface area contributed by atoms with Crippen LogP contribution in [0.15, 0.2) is 0 Å². The minimum atomic E-state index is 0.336. The van der Waals surface area contributed by atoms with Gasteiger partial charge in [-0.1, -0.05) is 0 Å². The van der Waals surface area contributed by atoms with Gasteiger partial charge < -0.3 is 4.74 Å². The van der Waals surface area contributed by atoms with Crippen molar-refractivity contribution in [3.8, 4) is 0 Å². The summed E-state index contributed by atoms with van der Waals surface area (Å²) in [6.07, 6.45) is 6.97. The summed E-state index contributed by atoms with van der Waals surface area (Å²) in [5.41, 5.74) is 0.676. The molecule has 2 saturated heterocycles. The SMILES string of the molecule is COC1CCN(C(C)(C)CC2CCN(C(C)(C)C)CC2)CC1. The van der Waals surface area contributed by atoms with Gasteiger partial charge in [0.15, 0.2) is 0 Å². The molecule has 2 fully saturated rings. The van der Waals surface area contributed by atoms with Gasteiger partial charge >= 0.3 is 0 Å². The lowest BCUT2D eigenvalue weighted by Crippen LogP contribution is -2.51. The van der Waals surface area contributed by atoms with Gasteiger partial charge in [-0.05, 0) is 85.7 Å². The lowest BCUT2D eigenvalue weighted by atomic mass is 9.82. The van der Waals surface area contributed by atoms with E-state index < -0.39 is 0 Å². The van der Waals surface area contributed by atoms with E-state index >= 15 is 0 Å². The molecular weight excluding hydrogens is 272 g/mol. The number of nitrogens with zero attached hydrogens (tertiary/aromatic N) is 2. The fourth-order valence-electron chi connectivity index (χ4n) is 4.34. The van der Waals surface area contributed by atoms with Crippen LogP contribution in [0, 0.1) is 5.92 Å². The molecule has 2 heterocycles. The molecule has 2 aliphatic rings. The van der Waals surface area contributed by atoms with Crippen molar-refractivity contribution in [3.05, 3.63) is 0 Å². The van der Waals surface area contributed by atoms with Gasteiger partial charge in [0.2, 0.25) is 0 Å². The van der Waals surface area contributed by atoms with Gasteiger partial charge in [-0.2, -0.15) is 0 Å². The molecule has 0 saturated carbocycles. The molecule has 0 radical (unpaired) electrons. The first-order valence-corrected chi connectivity index (χ1v) is 9.25. The third-order valence-electron chi connectivity index (χ3n) is 5.98. The van der Waals surface area contributed by atoms with E-state index in [0.29, 0.717) is 17.2 Å². The van der Waals surface area contributed by atoms with E-state index in [2.05, 4.69) is 44.4 Å². The molecule has 0 aromatic carbocycles. The van der Waals surface area contributed by atoms with Crippen molar-refractivity contribution in [3.63, 3.8) is 0 Å². The van der Waals surface area contributed by atoms with Crippen molar-refractivity contribution in [1.29, 1.82) is 0 Å². The first-order chi connectivity index (χ1) is 10.2. The first-order valence-electron chi connectivity index (χ1n) is 9.25. The van der Waals surface area contributed by atoms with Gasteiger partial charge in [0.05, 0.1) is 6.10 Å².